The molecule has 3 nitrogen and oxygen atoms in total. The van der Waals surface area contributed by atoms with Crippen LogP contribution in [0.25, 0.3) is 0 Å². The molecule has 0 atom stereocenters. The summed E-state index contributed by atoms with van der Waals surface area (Å²) in [6.07, 6.45) is 1.77. The summed E-state index contributed by atoms with van der Waals surface area (Å²) < 4.78 is 11.6. The van der Waals surface area contributed by atoms with E-state index in [9.17, 15) is 0 Å². The van der Waals surface area contributed by atoms with Crippen LogP contribution in [0, 0.1) is 0 Å². The van der Waals surface area contributed by atoms with Crippen molar-refractivity contribution in [2.75, 3.05) is 7.11 Å². The summed E-state index contributed by atoms with van der Waals surface area (Å²) in [7, 11) is 1.64. The van der Waals surface area contributed by atoms with Gasteiger partial charge in [-0.2, -0.15) is 0 Å². The Morgan fingerprint density at radius 3 is 2.94 bits per heavy atom. The molecule has 2 rings (SSSR count). The Morgan fingerprint density at radius 2 is 2.31 bits per heavy atom. The first-order valence-corrected chi connectivity index (χ1v) is 6.31. The largest absolute Gasteiger partial charge is 0.497 e. The number of aromatic nitrogens is 1. The molecule has 5 heteroatoms. The predicted molar refractivity (Wildman–Crippen MR) is 67.1 cm³/mol. The molecule has 0 bridgehead atoms. The maximum Gasteiger partial charge on any atom is 0.140 e. The highest BCUT2D eigenvalue weighted by molar-refractivity contribution is 9.10. The Hall–Kier alpha value is -1.07. The maximum absolute atomic E-state index is 5.63. The van der Waals surface area contributed by atoms with Crippen LogP contribution in [-0.4, -0.2) is 12.1 Å². The second-order valence-corrected chi connectivity index (χ2v) is 4.84. The average Bonchev–Trinajstić information content (AvgIpc) is 2.80. The van der Waals surface area contributed by atoms with Gasteiger partial charge in [0.1, 0.15) is 23.1 Å². The maximum atomic E-state index is 5.63. The van der Waals surface area contributed by atoms with Crippen LogP contribution in [0.4, 0.5) is 0 Å². The third-order valence-electron chi connectivity index (χ3n) is 1.97. The zero-order valence-corrected chi connectivity index (χ0v) is 11.0. The number of nitrogens with zero attached hydrogens (tertiary/aromatic N) is 1. The van der Waals surface area contributed by atoms with E-state index in [0.29, 0.717) is 6.61 Å². The SMILES string of the molecule is COc1ccc(OCc2nccs2)c(Br)c1. The Kier molecular flexibility index (Phi) is 3.79. The van der Waals surface area contributed by atoms with Gasteiger partial charge in [-0.1, -0.05) is 0 Å². The molecule has 84 valence electrons. The van der Waals surface area contributed by atoms with Crippen LogP contribution in [0.1, 0.15) is 5.01 Å². The molecular formula is C11H10BrNO2S. The number of thiazole rings is 1. The first kappa shape index (κ1) is 11.4. The molecule has 0 N–H and O–H groups in total. The van der Waals surface area contributed by atoms with E-state index in [1.165, 1.54) is 0 Å². The lowest BCUT2D eigenvalue weighted by molar-refractivity contribution is 0.303. The van der Waals surface area contributed by atoms with Crippen molar-refractivity contribution in [3.63, 3.8) is 0 Å². The molecule has 0 saturated heterocycles. The number of rotatable bonds is 4. The van der Waals surface area contributed by atoms with Gasteiger partial charge in [0.25, 0.3) is 0 Å². The van der Waals surface area contributed by atoms with Gasteiger partial charge >= 0.3 is 0 Å². The normalized spacial score (nSPS) is 10.1. The Bertz CT molecular complexity index is 459. The minimum atomic E-state index is 0.489. The van der Waals surface area contributed by atoms with E-state index in [1.54, 1.807) is 24.6 Å². The summed E-state index contributed by atoms with van der Waals surface area (Å²) in [5, 5.41) is 2.89. The first-order valence-electron chi connectivity index (χ1n) is 4.64. The van der Waals surface area contributed by atoms with Crippen LogP contribution in [0.15, 0.2) is 34.2 Å². The van der Waals surface area contributed by atoms with Gasteiger partial charge in [-0.05, 0) is 34.1 Å². The lowest BCUT2D eigenvalue weighted by Crippen LogP contribution is -1.95. The topological polar surface area (TPSA) is 31.4 Å². The fourth-order valence-electron chi connectivity index (χ4n) is 1.19. The van der Waals surface area contributed by atoms with Crippen molar-refractivity contribution in [2.24, 2.45) is 0 Å². The van der Waals surface area contributed by atoms with E-state index in [4.69, 9.17) is 9.47 Å². The average molecular weight is 300 g/mol. The molecule has 2 aromatic rings. The van der Waals surface area contributed by atoms with Crippen LogP contribution in [0.2, 0.25) is 0 Å². The molecule has 1 heterocycles. The molecule has 0 aliphatic carbocycles. The van der Waals surface area contributed by atoms with Gasteiger partial charge in [0.05, 0.1) is 11.6 Å². The highest BCUT2D eigenvalue weighted by Crippen LogP contribution is 2.29. The summed E-state index contributed by atoms with van der Waals surface area (Å²) in [4.78, 5) is 4.15. The van der Waals surface area contributed by atoms with Gasteiger partial charge in [0.2, 0.25) is 0 Å². The number of methoxy groups -OCH3 is 1. The van der Waals surface area contributed by atoms with Crippen molar-refractivity contribution in [3.05, 3.63) is 39.3 Å². The standard InChI is InChI=1S/C11H10BrNO2S/c1-14-8-2-3-10(9(12)6-8)15-7-11-13-4-5-16-11/h2-6H,7H2,1H3. The van der Waals surface area contributed by atoms with Gasteiger partial charge in [0, 0.05) is 11.6 Å². The quantitative estimate of drug-likeness (QED) is 0.866. The highest BCUT2D eigenvalue weighted by atomic mass is 79.9. The molecule has 16 heavy (non-hydrogen) atoms. The predicted octanol–water partition coefficient (Wildman–Crippen LogP) is 3.49. The van der Waals surface area contributed by atoms with Crippen molar-refractivity contribution in [1.29, 1.82) is 0 Å². The van der Waals surface area contributed by atoms with Crippen LogP contribution in [0.5, 0.6) is 11.5 Å². The van der Waals surface area contributed by atoms with E-state index >= 15 is 0 Å². The molecule has 0 unspecified atom stereocenters. The minimum absolute atomic E-state index is 0.489. The van der Waals surface area contributed by atoms with Gasteiger partial charge in [-0.3, -0.25) is 0 Å². The van der Waals surface area contributed by atoms with E-state index in [0.717, 1.165) is 21.0 Å². The second-order valence-electron chi connectivity index (χ2n) is 3.01. The molecule has 0 aliphatic heterocycles. The molecule has 1 aromatic carbocycles. The van der Waals surface area contributed by atoms with Crippen molar-refractivity contribution >= 4 is 27.3 Å². The van der Waals surface area contributed by atoms with Crippen LogP contribution in [-0.2, 0) is 6.61 Å². The second kappa shape index (κ2) is 5.32. The summed E-state index contributed by atoms with van der Waals surface area (Å²) in [6.45, 7) is 0.489. The smallest absolute Gasteiger partial charge is 0.140 e. The fourth-order valence-corrected chi connectivity index (χ4v) is 2.19. The summed E-state index contributed by atoms with van der Waals surface area (Å²) in [5.74, 6) is 1.59. The number of halogens is 1. The Labute approximate surface area is 106 Å². The zero-order chi connectivity index (χ0) is 11.4. The van der Waals surface area contributed by atoms with Crippen LogP contribution in [0.3, 0.4) is 0 Å². The minimum Gasteiger partial charge on any atom is -0.497 e. The molecule has 0 saturated carbocycles. The Balaban J connectivity index is 2.04. The van der Waals surface area contributed by atoms with Gasteiger partial charge < -0.3 is 9.47 Å². The molecule has 0 radical (unpaired) electrons. The van der Waals surface area contributed by atoms with E-state index in [-0.39, 0.29) is 0 Å². The molecule has 1 aromatic heterocycles. The number of benzene rings is 1. The van der Waals surface area contributed by atoms with Crippen molar-refractivity contribution in [3.8, 4) is 11.5 Å². The van der Waals surface area contributed by atoms with Crippen molar-refractivity contribution in [2.45, 2.75) is 6.61 Å². The van der Waals surface area contributed by atoms with Crippen molar-refractivity contribution in [1.82, 2.24) is 4.98 Å². The number of ether oxygens (including phenoxy) is 2. The van der Waals surface area contributed by atoms with Crippen LogP contribution >= 0.6 is 27.3 Å². The van der Waals surface area contributed by atoms with Gasteiger partial charge in [-0.25, -0.2) is 4.98 Å². The summed E-state index contributed by atoms with van der Waals surface area (Å²) in [6, 6.07) is 5.61. The van der Waals surface area contributed by atoms with Crippen molar-refractivity contribution < 1.29 is 9.47 Å². The molecule has 0 aliphatic rings. The molecule has 0 amide bonds. The number of hydrogen-bond acceptors (Lipinski definition) is 4. The first-order chi connectivity index (χ1) is 7.79. The molecule has 0 fully saturated rings. The van der Waals surface area contributed by atoms with Crippen LogP contribution < -0.4 is 9.47 Å². The number of hydrogen-bond donors (Lipinski definition) is 0. The van der Waals surface area contributed by atoms with Gasteiger partial charge in [-0.15, -0.1) is 11.3 Å². The summed E-state index contributed by atoms with van der Waals surface area (Å²) >= 11 is 5.01. The molecule has 0 spiro atoms. The lowest BCUT2D eigenvalue weighted by atomic mass is 10.3. The fraction of sp³-hybridized carbons (Fsp3) is 0.182. The summed E-state index contributed by atoms with van der Waals surface area (Å²) in [5.41, 5.74) is 0. The third kappa shape index (κ3) is 2.74. The third-order valence-corrected chi connectivity index (χ3v) is 3.35. The highest BCUT2D eigenvalue weighted by Gasteiger charge is 2.04. The van der Waals surface area contributed by atoms with Gasteiger partial charge in [0.15, 0.2) is 0 Å². The monoisotopic (exact) mass is 299 g/mol. The van der Waals surface area contributed by atoms with E-state index < -0.39 is 0 Å². The van der Waals surface area contributed by atoms with E-state index in [1.807, 2.05) is 23.6 Å². The zero-order valence-electron chi connectivity index (χ0n) is 8.64. The molecular weight excluding hydrogens is 290 g/mol. The lowest BCUT2D eigenvalue weighted by Gasteiger charge is -2.07. The Morgan fingerprint density at radius 1 is 1.44 bits per heavy atom. The van der Waals surface area contributed by atoms with E-state index in [2.05, 4.69) is 20.9 Å².